The number of ether oxygens (including phenoxy) is 2. The van der Waals surface area contributed by atoms with E-state index in [-0.39, 0.29) is 6.79 Å². The van der Waals surface area contributed by atoms with Crippen LogP contribution in [0.15, 0.2) is 47.7 Å². The smallest absolute Gasteiger partial charge is 0.231 e. The van der Waals surface area contributed by atoms with Crippen LogP contribution in [0.3, 0.4) is 0 Å². The first-order chi connectivity index (χ1) is 9.33. The molecule has 1 aromatic carbocycles. The third-order valence-corrected chi connectivity index (χ3v) is 2.79. The summed E-state index contributed by atoms with van der Waals surface area (Å²) in [6.45, 7) is 2.20. The number of fused-ring (bicyclic) bond motifs is 1. The summed E-state index contributed by atoms with van der Waals surface area (Å²) < 4.78 is 10.6. The van der Waals surface area contributed by atoms with Gasteiger partial charge in [0.2, 0.25) is 6.79 Å². The van der Waals surface area contributed by atoms with Crippen molar-refractivity contribution in [3.8, 4) is 11.5 Å². The molecule has 1 aliphatic heterocycles. The molecule has 0 bridgehead atoms. The summed E-state index contributed by atoms with van der Waals surface area (Å²) in [6.07, 6.45) is 1.72. The average molecular weight is 255 g/mol. The molecule has 0 radical (unpaired) electrons. The lowest BCUT2D eigenvalue weighted by Crippen LogP contribution is -2.00. The van der Waals surface area contributed by atoms with Gasteiger partial charge in [0.1, 0.15) is 5.82 Å². The van der Waals surface area contributed by atoms with Crippen LogP contribution >= 0.6 is 0 Å². The van der Waals surface area contributed by atoms with Crippen molar-refractivity contribution in [3.05, 3.63) is 48.2 Å². The minimum Gasteiger partial charge on any atom is -0.454 e. The Kier molecular flexibility index (Phi) is 3.02. The zero-order valence-corrected chi connectivity index (χ0v) is 10.5. The summed E-state index contributed by atoms with van der Waals surface area (Å²) in [5.41, 5.74) is 4.75. The van der Waals surface area contributed by atoms with E-state index in [0.717, 1.165) is 22.8 Å². The number of hydrazone groups is 1. The van der Waals surface area contributed by atoms with Crippen molar-refractivity contribution in [3.63, 3.8) is 0 Å². The molecule has 0 saturated heterocycles. The van der Waals surface area contributed by atoms with Crippen LogP contribution in [0.2, 0.25) is 0 Å². The molecule has 5 heteroatoms. The Labute approximate surface area is 110 Å². The molecule has 0 amide bonds. The van der Waals surface area contributed by atoms with E-state index in [4.69, 9.17) is 9.47 Å². The highest BCUT2D eigenvalue weighted by molar-refractivity contribution is 5.99. The van der Waals surface area contributed by atoms with E-state index in [0.29, 0.717) is 5.82 Å². The Balaban J connectivity index is 1.78. The number of nitrogens with one attached hydrogen (secondary N) is 1. The quantitative estimate of drug-likeness (QED) is 0.676. The molecule has 2 heterocycles. The normalized spacial score (nSPS) is 13.4. The van der Waals surface area contributed by atoms with E-state index >= 15 is 0 Å². The van der Waals surface area contributed by atoms with Gasteiger partial charge in [-0.05, 0) is 37.3 Å². The molecule has 1 N–H and O–H groups in total. The Morgan fingerprint density at radius 1 is 1.21 bits per heavy atom. The summed E-state index contributed by atoms with van der Waals surface area (Å²) >= 11 is 0. The molecule has 96 valence electrons. The fourth-order valence-electron chi connectivity index (χ4n) is 1.76. The van der Waals surface area contributed by atoms with Crippen LogP contribution in [0.4, 0.5) is 5.82 Å². The van der Waals surface area contributed by atoms with Crippen molar-refractivity contribution in [2.75, 3.05) is 12.2 Å². The molecule has 0 atom stereocenters. The number of aromatic nitrogens is 1. The lowest BCUT2D eigenvalue weighted by molar-refractivity contribution is 0.174. The van der Waals surface area contributed by atoms with E-state index in [1.165, 1.54) is 0 Å². The summed E-state index contributed by atoms with van der Waals surface area (Å²) in [5, 5.41) is 4.30. The van der Waals surface area contributed by atoms with E-state index < -0.39 is 0 Å². The molecular formula is C14H13N3O2. The molecule has 1 aromatic heterocycles. The molecule has 0 unspecified atom stereocenters. The lowest BCUT2D eigenvalue weighted by Gasteiger charge is -2.04. The third-order valence-electron chi connectivity index (χ3n) is 2.79. The maximum absolute atomic E-state index is 5.34. The standard InChI is InChI=1S/C14H13N3O2/c1-10(16-17-14-4-2-3-7-15-14)11-5-6-12-13(8-11)19-9-18-12/h2-8H,9H2,1H3,(H,15,17)/b16-10+. The molecule has 0 aliphatic carbocycles. The first kappa shape index (κ1) is 11.5. The average Bonchev–Trinajstić information content (AvgIpc) is 2.93. The van der Waals surface area contributed by atoms with Gasteiger partial charge in [0.05, 0.1) is 5.71 Å². The van der Waals surface area contributed by atoms with E-state index in [1.807, 2.05) is 43.3 Å². The van der Waals surface area contributed by atoms with Crippen molar-refractivity contribution >= 4 is 11.5 Å². The minimum atomic E-state index is 0.279. The van der Waals surface area contributed by atoms with Gasteiger partial charge in [-0.2, -0.15) is 5.10 Å². The summed E-state index contributed by atoms with van der Waals surface area (Å²) in [7, 11) is 0. The van der Waals surface area contributed by atoms with Crippen LogP contribution in [0, 0.1) is 0 Å². The topological polar surface area (TPSA) is 55.7 Å². The van der Waals surface area contributed by atoms with Gasteiger partial charge in [-0.25, -0.2) is 4.98 Å². The van der Waals surface area contributed by atoms with Gasteiger partial charge in [0.15, 0.2) is 11.5 Å². The minimum absolute atomic E-state index is 0.279. The lowest BCUT2D eigenvalue weighted by atomic mass is 10.1. The Bertz CT molecular complexity index is 611. The monoisotopic (exact) mass is 255 g/mol. The van der Waals surface area contributed by atoms with Gasteiger partial charge in [0, 0.05) is 11.8 Å². The van der Waals surface area contributed by atoms with Gasteiger partial charge in [0.25, 0.3) is 0 Å². The number of hydrogen-bond donors (Lipinski definition) is 1. The molecule has 0 fully saturated rings. The van der Waals surface area contributed by atoms with Gasteiger partial charge in [-0.3, -0.25) is 5.43 Å². The zero-order chi connectivity index (χ0) is 13.1. The Morgan fingerprint density at radius 3 is 2.95 bits per heavy atom. The van der Waals surface area contributed by atoms with E-state index in [9.17, 15) is 0 Å². The fraction of sp³-hybridized carbons (Fsp3) is 0.143. The summed E-state index contributed by atoms with van der Waals surface area (Å²) in [5.74, 6) is 2.24. The van der Waals surface area contributed by atoms with Crippen LogP contribution < -0.4 is 14.9 Å². The van der Waals surface area contributed by atoms with E-state index in [2.05, 4.69) is 15.5 Å². The van der Waals surface area contributed by atoms with Crippen molar-refractivity contribution in [1.29, 1.82) is 0 Å². The second kappa shape index (κ2) is 4.97. The van der Waals surface area contributed by atoms with Crippen LogP contribution in [0.5, 0.6) is 11.5 Å². The van der Waals surface area contributed by atoms with E-state index in [1.54, 1.807) is 6.20 Å². The molecule has 19 heavy (non-hydrogen) atoms. The van der Waals surface area contributed by atoms with Crippen LogP contribution in [-0.4, -0.2) is 17.5 Å². The predicted octanol–water partition coefficient (Wildman–Crippen LogP) is 2.65. The molecular weight excluding hydrogens is 242 g/mol. The first-order valence-electron chi connectivity index (χ1n) is 5.94. The van der Waals surface area contributed by atoms with Crippen molar-refractivity contribution in [1.82, 2.24) is 4.98 Å². The van der Waals surface area contributed by atoms with Crippen LogP contribution in [-0.2, 0) is 0 Å². The van der Waals surface area contributed by atoms with Crippen molar-refractivity contribution < 1.29 is 9.47 Å². The largest absolute Gasteiger partial charge is 0.454 e. The number of hydrogen-bond acceptors (Lipinski definition) is 5. The zero-order valence-electron chi connectivity index (χ0n) is 10.5. The summed E-state index contributed by atoms with van der Waals surface area (Å²) in [6, 6.07) is 11.4. The maximum atomic E-state index is 5.34. The van der Waals surface area contributed by atoms with Gasteiger partial charge < -0.3 is 9.47 Å². The van der Waals surface area contributed by atoms with Crippen LogP contribution in [0.1, 0.15) is 12.5 Å². The van der Waals surface area contributed by atoms with Crippen LogP contribution in [0.25, 0.3) is 0 Å². The molecule has 5 nitrogen and oxygen atoms in total. The molecule has 3 rings (SSSR count). The highest BCUT2D eigenvalue weighted by atomic mass is 16.7. The highest BCUT2D eigenvalue weighted by Gasteiger charge is 2.13. The predicted molar refractivity (Wildman–Crippen MR) is 72.6 cm³/mol. The second-order valence-corrected chi connectivity index (χ2v) is 4.09. The number of nitrogens with zero attached hydrogens (tertiary/aromatic N) is 2. The number of anilines is 1. The second-order valence-electron chi connectivity index (χ2n) is 4.09. The first-order valence-corrected chi connectivity index (χ1v) is 5.94. The van der Waals surface area contributed by atoms with Gasteiger partial charge in [-0.1, -0.05) is 6.07 Å². The highest BCUT2D eigenvalue weighted by Crippen LogP contribution is 2.32. The number of benzene rings is 1. The Morgan fingerprint density at radius 2 is 2.11 bits per heavy atom. The molecule has 0 saturated carbocycles. The van der Waals surface area contributed by atoms with Crippen molar-refractivity contribution in [2.45, 2.75) is 6.92 Å². The van der Waals surface area contributed by atoms with Crippen molar-refractivity contribution in [2.24, 2.45) is 5.10 Å². The Hall–Kier alpha value is -2.56. The fourth-order valence-corrected chi connectivity index (χ4v) is 1.76. The van der Waals surface area contributed by atoms with Gasteiger partial charge in [-0.15, -0.1) is 0 Å². The molecule has 2 aromatic rings. The molecule has 1 aliphatic rings. The van der Waals surface area contributed by atoms with Gasteiger partial charge >= 0.3 is 0 Å². The third kappa shape index (κ3) is 2.49. The SMILES string of the molecule is C/C(=N\Nc1ccccn1)c1ccc2c(c1)OCO2. The maximum Gasteiger partial charge on any atom is 0.231 e. The number of rotatable bonds is 3. The summed E-state index contributed by atoms with van der Waals surface area (Å²) in [4.78, 5) is 4.14. The molecule has 0 spiro atoms. The number of pyridine rings is 1.